The first-order valence-corrected chi connectivity index (χ1v) is 6.99. The third-order valence-corrected chi connectivity index (χ3v) is 3.64. The summed E-state index contributed by atoms with van der Waals surface area (Å²) >= 11 is 0. The number of carbonyl (C=O) groups excluding carboxylic acids is 1. The van der Waals surface area contributed by atoms with Gasteiger partial charge in [-0.05, 0) is 0 Å². The number of Topliss-reactive ketones (excluding diaryl/α,β-unsaturated/α-hetero) is 1. The summed E-state index contributed by atoms with van der Waals surface area (Å²) < 4.78 is 23.3. The highest BCUT2D eigenvalue weighted by Gasteiger charge is 2.58. The van der Waals surface area contributed by atoms with Crippen molar-refractivity contribution in [3.05, 3.63) is 0 Å². The van der Waals surface area contributed by atoms with E-state index in [1.165, 1.54) is 0 Å². The highest BCUT2D eigenvalue weighted by molar-refractivity contribution is 7.47. The van der Waals surface area contributed by atoms with Crippen molar-refractivity contribution in [2.75, 3.05) is 0 Å². The standard InChI is InChI=1S/C8H16NO11P/c1-2(10)8(15)6(13)4(12)3(11)5(18-8)7(14)19-21(16,17)20-9/h3-7,11-15H,9H2,1H3,(H,16,17)/t3-,4-,5-,6-,7?,8+/m0/s1. The zero-order valence-corrected chi connectivity index (χ0v) is 11.5. The molecule has 1 heterocycles. The molecule has 1 aliphatic heterocycles. The van der Waals surface area contributed by atoms with Crippen LogP contribution in [-0.2, 0) is 23.2 Å². The number of hydrogen-bond donors (Lipinski definition) is 7. The Morgan fingerprint density at radius 3 is 2.33 bits per heavy atom. The van der Waals surface area contributed by atoms with E-state index in [1.807, 2.05) is 0 Å². The molecule has 1 saturated heterocycles. The fraction of sp³-hybridized carbons (Fsp3) is 0.875. The fourth-order valence-electron chi connectivity index (χ4n) is 1.70. The van der Waals surface area contributed by atoms with Gasteiger partial charge in [-0.25, -0.2) is 15.1 Å². The van der Waals surface area contributed by atoms with Gasteiger partial charge < -0.3 is 35.2 Å². The number of aliphatic hydroxyl groups is 5. The third-order valence-electron chi connectivity index (χ3n) is 2.89. The Balaban J connectivity index is 3.01. The molecule has 0 bridgehead atoms. The van der Waals surface area contributed by atoms with Gasteiger partial charge in [0.25, 0.3) is 5.79 Å². The predicted octanol–water partition coefficient (Wildman–Crippen LogP) is -3.93. The maximum Gasteiger partial charge on any atom is 0.491 e. The van der Waals surface area contributed by atoms with Crippen molar-refractivity contribution < 1.29 is 53.7 Å². The maximum atomic E-state index is 11.3. The molecule has 0 spiro atoms. The first-order valence-electron chi connectivity index (χ1n) is 5.49. The molecule has 12 nitrogen and oxygen atoms in total. The van der Waals surface area contributed by atoms with E-state index in [9.17, 15) is 34.9 Å². The molecule has 7 atom stereocenters. The summed E-state index contributed by atoms with van der Waals surface area (Å²) in [5.74, 6) is 0.310. The molecule has 13 heteroatoms. The highest BCUT2D eigenvalue weighted by atomic mass is 31.2. The Labute approximate surface area is 117 Å². The van der Waals surface area contributed by atoms with Crippen LogP contribution < -0.4 is 5.90 Å². The van der Waals surface area contributed by atoms with Crippen molar-refractivity contribution in [1.82, 2.24) is 0 Å². The lowest BCUT2D eigenvalue weighted by Crippen LogP contribution is -2.69. The summed E-state index contributed by atoms with van der Waals surface area (Å²) in [6, 6.07) is 0. The lowest BCUT2D eigenvalue weighted by molar-refractivity contribution is -0.351. The normalized spacial score (nSPS) is 41.3. The van der Waals surface area contributed by atoms with E-state index < -0.39 is 50.1 Å². The number of rotatable bonds is 5. The van der Waals surface area contributed by atoms with Crippen molar-refractivity contribution in [1.29, 1.82) is 0 Å². The van der Waals surface area contributed by atoms with Crippen molar-refractivity contribution in [3.63, 3.8) is 0 Å². The molecule has 1 rings (SSSR count). The third kappa shape index (κ3) is 3.64. The lowest BCUT2D eigenvalue weighted by atomic mass is 9.90. The molecule has 0 aromatic heterocycles. The van der Waals surface area contributed by atoms with Crippen LogP contribution in [0.2, 0.25) is 0 Å². The van der Waals surface area contributed by atoms with Gasteiger partial charge in [0.05, 0.1) is 0 Å². The van der Waals surface area contributed by atoms with Crippen LogP contribution in [0.4, 0.5) is 0 Å². The zero-order valence-electron chi connectivity index (χ0n) is 10.6. The van der Waals surface area contributed by atoms with Gasteiger partial charge in [-0.3, -0.25) is 9.32 Å². The molecule has 0 saturated carbocycles. The summed E-state index contributed by atoms with van der Waals surface area (Å²) in [7, 11) is -4.90. The van der Waals surface area contributed by atoms with E-state index in [1.54, 1.807) is 0 Å². The van der Waals surface area contributed by atoms with Gasteiger partial charge in [0, 0.05) is 6.92 Å². The van der Waals surface area contributed by atoms with Gasteiger partial charge in [-0.1, -0.05) is 0 Å². The second-order valence-electron chi connectivity index (χ2n) is 4.33. The fourth-order valence-corrected chi connectivity index (χ4v) is 2.14. The Kier molecular flexibility index (Phi) is 5.58. The molecule has 1 aliphatic rings. The minimum absolute atomic E-state index is 0.803. The molecule has 0 aromatic carbocycles. The minimum Gasteiger partial charge on any atom is -0.387 e. The van der Waals surface area contributed by atoms with Crippen LogP contribution in [0.5, 0.6) is 0 Å². The van der Waals surface area contributed by atoms with Gasteiger partial charge in [0.1, 0.15) is 24.4 Å². The van der Waals surface area contributed by atoms with Gasteiger partial charge in [0.15, 0.2) is 12.1 Å². The Hall–Kier alpha value is -0.500. The van der Waals surface area contributed by atoms with Crippen LogP contribution in [0, 0.1) is 0 Å². The van der Waals surface area contributed by atoms with Crippen LogP contribution in [0.25, 0.3) is 0 Å². The van der Waals surface area contributed by atoms with Crippen molar-refractivity contribution >= 4 is 13.6 Å². The Morgan fingerprint density at radius 1 is 1.38 bits per heavy atom. The quantitative estimate of drug-likeness (QED) is 0.146. The molecule has 124 valence electrons. The van der Waals surface area contributed by atoms with E-state index >= 15 is 0 Å². The predicted molar refractivity (Wildman–Crippen MR) is 60.7 cm³/mol. The number of carbonyl (C=O) groups is 1. The van der Waals surface area contributed by atoms with E-state index in [0.29, 0.717) is 0 Å². The molecule has 1 fully saturated rings. The molecule has 0 radical (unpaired) electrons. The maximum absolute atomic E-state index is 11.3. The van der Waals surface area contributed by atoms with Gasteiger partial charge in [-0.15, -0.1) is 0 Å². The van der Waals surface area contributed by atoms with Crippen LogP contribution in [0.15, 0.2) is 0 Å². The van der Waals surface area contributed by atoms with Crippen LogP contribution in [-0.4, -0.2) is 72.7 Å². The molecule has 8 N–H and O–H groups in total. The molecular formula is C8H16NO11P. The lowest BCUT2D eigenvalue weighted by Gasteiger charge is -2.45. The Morgan fingerprint density at radius 2 is 1.90 bits per heavy atom. The topological polar surface area (TPSA) is 209 Å². The molecule has 0 aliphatic carbocycles. The van der Waals surface area contributed by atoms with E-state index in [0.717, 1.165) is 6.92 Å². The number of ether oxygens (including phenoxy) is 1. The number of ketones is 1. The summed E-state index contributed by atoms with van der Waals surface area (Å²) in [6.07, 6.45) is -10.9. The summed E-state index contributed by atoms with van der Waals surface area (Å²) in [6.45, 7) is 0.803. The largest absolute Gasteiger partial charge is 0.491 e. The average molecular weight is 333 g/mol. The number of hydrogen-bond acceptors (Lipinski definition) is 11. The van der Waals surface area contributed by atoms with Gasteiger partial charge in [0.2, 0.25) is 0 Å². The molecule has 0 aromatic rings. The first kappa shape index (κ1) is 18.5. The van der Waals surface area contributed by atoms with Crippen LogP contribution in [0.1, 0.15) is 6.92 Å². The highest BCUT2D eigenvalue weighted by Crippen LogP contribution is 2.44. The molecule has 2 unspecified atom stereocenters. The summed E-state index contributed by atoms with van der Waals surface area (Å²) in [5, 5.41) is 48.1. The van der Waals surface area contributed by atoms with Gasteiger partial charge >= 0.3 is 7.82 Å². The second kappa shape index (κ2) is 6.32. The Bertz CT molecular complexity index is 446. The summed E-state index contributed by atoms with van der Waals surface area (Å²) in [5.41, 5.74) is 0. The van der Waals surface area contributed by atoms with Crippen molar-refractivity contribution in [2.45, 2.75) is 43.4 Å². The van der Waals surface area contributed by atoms with E-state index in [-0.39, 0.29) is 0 Å². The van der Waals surface area contributed by atoms with Crippen molar-refractivity contribution in [2.24, 2.45) is 5.90 Å². The number of nitrogens with two attached hydrogens (primary N) is 1. The molecule has 0 amide bonds. The number of phosphoric ester groups is 1. The van der Waals surface area contributed by atoms with Gasteiger partial charge in [-0.2, -0.15) is 0 Å². The zero-order chi connectivity index (χ0) is 16.6. The summed E-state index contributed by atoms with van der Waals surface area (Å²) in [4.78, 5) is 20.2. The molecular weight excluding hydrogens is 317 g/mol. The van der Waals surface area contributed by atoms with Crippen LogP contribution >= 0.6 is 7.82 Å². The smallest absolute Gasteiger partial charge is 0.387 e. The number of aliphatic hydroxyl groups excluding tert-OH is 4. The SMILES string of the molecule is CC(=O)[C@@]1(O)O[C@H](C(O)OP(=O)(O)ON)[C@@H](O)[C@H](O)[C@@H]1O. The minimum atomic E-state index is -4.90. The van der Waals surface area contributed by atoms with Crippen molar-refractivity contribution in [3.8, 4) is 0 Å². The number of phosphoric acid groups is 1. The average Bonchev–Trinajstić information content (AvgIpc) is 2.39. The first-order chi connectivity index (χ1) is 9.46. The monoisotopic (exact) mass is 333 g/mol. The second-order valence-corrected chi connectivity index (χ2v) is 5.69. The van der Waals surface area contributed by atoms with E-state index in [4.69, 9.17) is 4.89 Å². The molecule has 21 heavy (non-hydrogen) atoms. The van der Waals surface area contributed by atoms with Crippen LogP contribution in [0.3, 0.4) is 0 Å². The van der Waals surface area contributed by atoms with E-state index in [2.05, 4.69) is 19.8 Å².